The van der Waals surface area contributed by atoms with Gasteiger partial charge in [0, 0.05) is 37.6 Å². The molecule has 1 fully saturated rings. The van der Waals surface area contributed by atoms with Crippen LogP contribution in [0.5, 0.6) is 0 Å². The zero-order valence-electron chi connectivity index (χ0n) is 12.9. The van der Waals surface area contributed by atoms with Crippen molar-refractivity contribution in [1.82, 2.24) is 9.78 Å². The van der Waals surface area contributed by atoms with Crippen molar-refractivity contribution in [3.8, 4) is 0 Å². The topological polar surface area (TPSA) is 38.1 Å². The number of aromatic nitrogens is 2. The molecule has 2 heterocycles. The molecule has 0 aliphatic carbocycles. The maximum Gasteiger partial charge on any atom is 0.185 e. The molecule has 114 valence electrons. The first-order chi connectivity index (χ1) is 10.7. The molecule has 3 rings (SSSR count). The van der Waals surface area contributed by atoms with Crippen molar-refractivity contribution in [2.45, 2.75) is 19.3 Å². The van der Waals surface area contributed by atoms with Crippen molar-refractivity contribution in [2.75, 3.05) is 18.0 Å². The van der Waals surface area contributed by atoms with Gasteiger partial charge in [0.05, 0.1) is 5.69 Å². The van der Waals surface area contributed by atoms with E-state index in [2.05, 4.69) is 10.00 Å². The average Bonchev–Trinajstić information content (AvgIpc) is 2.99. The monoisotopic (exact) mass is 295 g/mol. The number of piperidine rings is 1. The highest BCUT2D eigenvalue weighted by atomic mass is 16.1. The van der Waals surface area contributed by atoms with E-state index in [1.165, 1.54) is 24.9 Å². The predicted molar refractivity (Wildman–Crippen MR) is 89.1 cm³/mol. The van der Waals surface area contributed by atoms with Crippen LogP contribution in [-0.2, 0) is 7.05 Å². The molecule has 0 N–H and O–H groups in total. The van der Waals surface area contributed by atoms with Crippen LogP contribution in [0.4, 0.5) is 5.69 Å². The van der Waals surface area contributed by atoms with E-state index in [1.807, 2.05) is 43.6 Å². The standard InChI is InChI=1S/C18H21N3O/c1-20-14-11-16(19-20)7-10-18(22)15-5-8-17(9-6-15)21-12-3-2-4-13-21/h5-11,14H,2-4,12-13H2,1H3/b10-7+. The quantitative estimate of drug-likeness (QED) is 0.641. The first kappa shape index (κ1) is 14.6. The van der Waals surface area contributed by atoms with E-state index >= 15 is 0 Å². The lowest BCUT2D eigenvalue weighted by Gasteiger charge is -2.28. The fourth-order valence-electron chi connectivity index (χ4n) is 2.77. The van der Waals surface area contributed by atoms with Crippen molar-refractivity contribution in [3.63, 3.8) is 0 Å². The summed E-state index contributed by atoms with van der Waals surface area (Å²) in [5, 5.41) is 4.22. The van der Waals surface area contributed by atoms with Crippen LogP contribution in [0.2, 0.25) is 0 Å². The minimum atomic E-state index is 0.0100. The third-order valence-electron chi connectivity index (χ3n) is 4.01. The van der Waals surface area contributed by atoms with Crippen molar-refractivity contribution < 1.29 is 4.79 Å². The van der Waals surface area contributed by atoms with Crippen LogP contribution in [0, 0.1) is 0 Å². The second-order valence-electron chi connectivity index (χ2n) is 5.71. The summed E-state index contributed by atoms with van der Waals surface area (Å²) >= 11 is 0. The number of anilines is 1. The molecule has 1 saturated heterocycles. The zero-order valence-corrected chi connectivity index (χ0v) is 12.9. The Morgan fingerprint density at radius 1 is 1.09 bits per heavy atom. The van der Waals surface area contributed by atoms with E-state index in [9.17, 15) is 4.79 Å². The largest absolute Gasteiger partial charge is 0.372 e. The number of carbonyl (C=O) groups is 1. The smallest absolute Gasteiger partial charge is 0.185 e. The van der Waals surface area contributed by atoms with Gasteiger partial charge in [-0.15, -0.1) is 0 Å². The minimum absolute atomic E-state index is 0.0100. The second kappa shape index (κ2) is 6.60. The molecule has 0 amide bonds. The molecular weight excluding hydrogens is 274 g/mol. The van der Waals surface area contributed by atoms with E-state index in [-0.39, 0.29) is 5.78 Å². The number of aryl methyl sites for hydroxylation is 1. The number of ketones is 1. The van der Waals surface area contributed by atoms with Gasteiger partial charge in [0.2, 0.25) is 0 Å². The highest BCUT2D eigenvalue weighted by Gasteiger charge is 2.11. The van der Waals surface area contributed by atoms with Crippen molar-refractivity contribution in [3.05, 3.63) is 53.9 Å². The maximum atomic E-state index is 12.2. The van der Waals surface area contributed by atoms with Gasteiger partial charge in [-0.1, -0.05) is 0 Å². The molecule has 22 heavy (non-hydrogen) atoms. The Bertz CT molecular complexity index is 664. The lowest BCUT2D eigenvalue weighted by molar-refractivity contribution is 0.104. The number of hydrogen-bond donors (Lipinski definition) is 0. The normalized spacial score (nSPS) is 15.4. The summed E-state index contributed by atoms with van der Waals surface area (Å²) in [6.45, 7) is 2.24. The highest BCUT2D eigenvalue weighted by Crippen LogP contribution is 2.20. The Kier molecular flexibility index (Phi) is 4.37. The Morgan fingerprint density at radius 3 is 2.45 bits per heavy atom. The van der Waals surface area contributed by atoms with Gasteiger partial charge in [-0.25, -0.2) is 0 Å². The van der Waals surface area contributed by atoms with Gasteiger partial charge in [0.15, 0.2) is 5.78 Å². The number of allylic oxidation sites excluding steroid dienone is 1. The molecule has 0 radical (unpaired) electrons. The van der Waals surface area contributed by atoms with Crippen LogP contribution in [-0.4, -0.2) is 28.7 Å². The summed E-state index contributed by atoms with van der Waals surface area (Å²) in [6, 6.07) is 9.80. The highest BCUT2D eigenvalue weighted by molar-refractivity contribution is 6.06. The lowest BCUT2D eigenvalue weighted by Crippen LogP contribution is -2.29. The number of rotatable bonds is 4. The van der Waals surface area contributed by atoms with Gasteiger partial charge in [-0.05, 0) is 61.7 Å². The molecular formula is C18H21N3O. The Labute approximate surface area is 131 Å². The van der Waals surface area contributed by atoms with Gasteiger partial charge in [0.25, 0.3) is 0 Å². The number of carbonyl (C=O) groups excluding carboxylic acids is 1. The third kappa shape index (κ3) is 3.45. The summed E-state index contributed by atoms with van der Waals surface area (Å²) < 4.78 is 1.72. The Hall–Kier alpha value is -2.36. The van der Waals surface area contributed by atoms with E-state index in [0.29, 0.717) is 5.56 Å². The van der Waals surface area contributed by atoms with Gasteiger partial charge < -0.3 is 4.90 Å². The summed E-state index contributed by atoms with van der Waals surface area (Å²) in [6.07, 6.45) is 9.03. The van der Waals surface area contributed by atoms with Crippen LogP contribution in [0.15, 0.2) is 42.6 Å². The Balaban J connectivity index is 1.66. The summed E-state index contributed by atoms with van der Waals surface area (Å²) in [7, 11) is 1.86. The van der Waals surface area contributed by atoms with Gasteiger partial charge >= 0.3 is 0 Å². The summed E-state index contributed by atoms with van der Waals surface area (Å²) in [4.78, 5) is 14.6. The molecule has 1 aromatic carbocycles. The van der Waals surface area contributed by atoms with E-state index in [4.69, 9.17) is 0 Å². The second-order valence-corrected chi connectivity index (χ2v) is 5.71. The van der Waals surface area contributed by atoms with Crippen molar-refractivity contribution >= 4 is 17.5 Å². The first-order valence-corrected chi connectivity index (χ1v) is 7.79. The number of nitrogens with zero attached hydrogens (tertiary/aromatic N) is 3. The molecule has 0 atom stereocenters. The van der Waals surface area contributed by atoms with E-state index in [1.54, 1.807) is 16.8 Å². The molecule has 1 aromatic heterocycles. The molecule has 2 aromatic rings. The molecule has 0 unspecified atom stereocenters. The predicted octanol–water partition coefficient (Wildman–Crippen LogP) is 3.31. The summed E-state index contributed by atoms with van der Waals surface area (Å²) in [5.74, 6) is 0.0100. The first-order valence-electron chi connectivity index (χ1n) is 7.79. The molecule has 0 bridgehead atoms. The molecule has 4 nitrogen and oxygen atoms in total. The lowest BCUT2D eigenvalue weighted by atomic mass is 10.1. The van der Waals surface area contributed by atoms with Crippen LogP contribution in [0.1, 0.15) is 35.3 Å². The molecule has 1 aliphatic heterocycles. The zero-order chi connectivity index (χ0) is 15.4. The van der Waals surface area contributed by atoms with Gasteiger partial charge in [0.1, 0.15) is 0 Å². The molecule has 0 spiro atoms. The van der Waals surface area contributed by atoms with Crippen LogP contribution >= 0.6 is 0 Å². The van der Waals surface area contributed by atoms with Gasteiger partial charge in [-0.2, -0.15) is 5.10 Å². The molecule has 1 aliphatic rings. The van der Waals surface area contributed by atoms with Crippen LogP contribution < -0.4 is 4.90 Å². The SMILES string of the molecule is Cn1ccc(/C=C/C(=O)c2ccc(N3CCCCC3)cc2)n1. The minimum Gasteiger partial charge on any atom is -0.372 e. The van der Waals surface area contributed by atoms with E-state index in [0.717, 1.165) is 18.8 Å². The van der Waals surface area contributed by atoms with Gasteiger partial charge in [-0.3, -0.25) is 9.48 Å². The number of benzene rings is 1. The fraction of sp³-hybridized carbons (Fsp3) is 0.333. The van der Waals surface area contributed by atoms with Crippen LogP contribution in [0.3, 0.4) is 0 Å². The maximum absolute atomic E-state index is 12.2. The molecule has 0 saturated carbocycles. The third-order valence-corrected chi connectivity index (χ3v) is 4.01. The van der Waals surface area contributed by atoms with Crippen LogP contribution in [0.25, 0.3) is 6.08 Å². The Morgan fingerprint density at radius 2 is 1.82 bits per heavy atom. The van der Waals surface area contributed by atoms with E-state index < -0.39 is 0 Å². The van der Waals surface area contributed by atoms with Crippen molar-refractivity contribution in [1.29, 1.82) is 0 Å². The average molecular weight is 295 g/mol. The number of hydrogen-bond acceptors (Lipinski definition) is 3. The van der Waals surface area contributed by atoms with Crippen molar-refractivity contribution in [2.24, 2.45) is 7.05 Å². The molecule has 4 heteroatoms. The fourth-order valence-corrected chi connectivity index (χ4v) is 2.77. The summed E-state index contributed by atoms with van der Waals surface area (Å²) in [5.41, 5.74) is 2.72.